The van der Waals surface area contributed by atoms with Crippen molar-refractivity contribution in [2.45, 2.75) is 25.8 Å². The third kappa shape index (κ3) is 3.90. The molecule has 1 atom stereocenters. The molecule has 1 aliphatic rings. The van der Waals surface area contributed by atoms with Crippen LogP contribution in [0.15, 0.2) is 40.8 Å². The van der Waals surface area contributed by atoms with Crippen molar-refractivity contribution in [3.8, 4) is 11.3 Å². The van der Waals surface area contributed by atoms with Gasteiger partial charge in [-0.2, -0.15) is 0 Å². The second-order valence-corrected chi connectivity index (χ2v) is 8.84. The molecule has 0 N–H and O–H groups in total. The smallest absolute Gasteiger partial charge is 0.289 e. The fraction of sp³-hybridized carbons (Fsp3) is 0.389. The number of hydrogen-bond donors (Lipinski definition) is 0. The van der Waals surface area contributed by atoms with Crippen LogP contribution in [0.5, 0.6) is 0 Å². The zero-order chi connectivity index (χ0) is 18.0. The molecule has 134 valence electrons. The zero-order valence-electron chi connectivity index (χ0n) is 13.9. The van der Waals surface area contributed by atoms with Crippen LogP contribution >= 0.6 is 11.6 Å². The average Bonchev–Trinajstić information content (AvgIpc) is 3.19. The molecular weight excluding hydrogens is 362 g/mol. The number of sulfone groups is 1. The van der Waals surface area contributed by atoms with Gasteiger partial charge in [-0.15, -0.1) is 0 Å². The predicted octanol–water partition coefficient (Wildman–Crippen LogP) is 3.64. The normalized spacial score (nSPS) is 19.0. The van der Waals surface area contributed by atoms with Crippen molar-refractivity contribution in [3.63, 3.8) is 0 Å². The Kier molecular flexibility index (Phi) is 5.20. The zero-order valence-corrected chi connectivity index (χ0v) is 15.5. The summed E-state index contributed by atoms with van der Waals surface area (Å²) in [5, 5.41) is 0.545. The molecule has 3 rings (SSSR count). The Bertz CT molecular complexity index is 875. The molecule has 1 aliphatic heterocycles. The lowest BCUT2D eigenvalue weighted by Crippen LogP contribution is -2.41. The third-order valence-corrected chi connectivity index (χ3v) is 6.41. The minimum absolute atomic E-state index is 0.0246. The van der Waals surface area contributed by atoms with E-state index in [0.717, 1.165) is 6.42 Å². The van der Waals surface area contributed by atoms with Gasteiger partial charge in [0.05, 0.1) is 16.5 Å². The number of rotatable bonds is 5. The Hall–Kier alpha value is -1.79. The standard InChI is InChI=1S/C18H20ClNO4S/c1-2-10-20(13-9-11-25(22,23)12-13)18(21)17-8-7-16(24-17)14-5-3-4-6-15(14)19/h3-8,13H,2,9-12H2,1H3/t13-/m0/s1. The fourth-order valence-corrected chi connectivity index (χ4v) is 5.07. The molecule has 25 heavy (non-hydrogen) atoms. The van der Waals surface area contributed by atoms with Gasteiger partial charge in [0.2, 0.25) is 0 Å². The van der Waals surface area contributed by atoms with Gasteiger partial charge in [-0.25, -0.2) is 8.42 Å². The van der Waals surface area contributed by atoms with Crippen molar-refractivity contribution in [3.05, 3.63) is 47.2 Å². The molecule has 7 heteroatoms. The van der Waals surface area contributed by atoms with Gasteiger partial charge in [-0.05, 0) is 37.1 Å². The molecule has 1 aromatic carbocycles. The minimum atomic E-state index is -3.06. The van der Waals surface area contributed by atoms with Gasteiger partial charge in [0.1, 0.15) is 5.76 Å². The molecular formula is C18H20ClNO4S. The highest BCUT2D eigenvalue weighted by Gasteiger charge is 2.35. The minimum Gasteiger partial charge on any atom is -0.451 e. The van der Waals surface area contributed by atoms with Crippen LogP contribution in [0.4, 0.5) is 0 Å². The average molecular weight is 382 g/mol. The number of hydrogen-bond acceptors (Lipinski definition) is 4. The van der Waals surface area contributed by atoms with Crippen LogP contribution in [-0.2, 0) is 9.84 Å². The molecule has 0 saturated carbocycles. The van der Waals surface area contributed by atoms with E-state index < -0.39 is 9.84 Å². The fourth-order valence-electron chi connectivity index (χ4n) is 3.11. The molecule has 2 heterocycles. The number of halogens is 1. The van der Waals surface area contributed by atoms with Crippen molar-refractivity contribution in [1.29, 1.82) is 0 Å². The second-order valence-electron chi connectivity index (χ2n) is 6.20. The number of carbonyl (C=O) groups is 1. The van der Waals surface area contributed by atoms with Crippen molar-refractivity contribution in [2.75, 3.05) is 18.1 Å². The van der Waals surface area contributed by atoms with Crippen LogP contribution in [0, 0.1) is 0 Å². The topological polar surface area (TPSA) is 67.6 Å². The summed E-state index contributed by atoms with van der Waals surface area (Å²) in [4.78, 5) is 14.5. The van der Waals surface area contributed by atoms with Crippen LogP contribution < -0.4 is 0 Å². The maximum absolute atomic E-state index is 12.9. The van der Waals surface area contributed by atoms with E-state index in [0.29, 0.717) is 29.3 Å². The lowest BCUT2D eigenvalue weighted by molar-refractivity contribution is 0.0665. The molecule has 0 aliphatic carbocycles. The maximum Gasteiger partial charge on any atom is 0.289 e. The van der Waals surface area contributed by atoms with Gasteiger partial charge < -0.3 is 9.32 Å². The SMILES string of the molecule is CCCN(C(=O)c1ccc(-c2ccccc2Cl)o1)[C@H]1CCS(=O)(=O)C1. The molecule has 0 radical (unpaired) electrons. The summed E-state index contributed by atoms with van der Waals surface area (Å²) < 4.78 is 29.2. The summed E-state index contributed by atoms with van der Waals surface area (Å²) in [5.41, 5.74) is 0.716. The Balaban J connectivity index is 1.85. The Labute approximate surface area is 152 Å². The monoisotopic (exact) mass is 381 g/mol. The summed E-state index contributed by atoms with van der Waals surface area (Å²) in [6, 6.07) is 10.3. The molecule has 1 aromatic heterocycles. The van der Waals surface area contributed by atoms with Gasteiger partial charge in [-0.1, -0.05) is 30.7 Å². The number of amides is 1. The Morgan fingerprint density at radius 2 is 2.04 bits per heavy atom. The van der Waals surface area contributed by atoms with Gasteiger partial charge in [-0.3, -0.25) is 4.79 Å². The quantitative estimate of drug-likeness (QED) is 0.792. The Morgan fingerprint density at radius 1 is 1.28 bits per heavy atom. The van der Waals surface area contributed by atoms with Crippen LogP contribution in [0.1, 0.15) is 30.3 Å². The lowest BCUT2D eigenvalue weighted by atomic mass is 10.2. The largest absolute Gasteiger partial charge is 0.451 e. The molecule has 2 aromatic rings. The number of nitrogens with zero attached hydrogens (tertiary/aromatic N) is 1. The molecule has 1 amide bonds. The van der Waals surface area contributed by atoms with Crippen molar-refractivity contribution < 1.29 is 17.6 Å². The van der Waals surface area contributed by atoms with Gasteiger partial charge in [0.15, 0.2) is 15.6 Å². The van der Waals surface area contributed by atoms with E-state index in [1.165, 1.54) is 0 Å². The van der Waals surface area contributed by atoms with Crippen LogP contribution in [-0.4, -0.2) is 43.3 Å². The number of carbonyl (C=O) groups excluding carboxylic acids is 1. The summed E-state index contributed by atoms with van der Waals surface area (Å²) in [7, 11) is -3.06. The summed E-state index contributed by atoms with van der Waals surface area (Å²) in [6.07, 6.45) is 1.23. The van der Waals surface area contributed by atoms with Gasteiger partial charge in [0, 0.05) is 18.2 Å². The van der Waals surface area contributed by atoms with E-state index in [2.05, 4.69) is 0 Å². The number of furan rings is 1. The molecule has 0 spiro atoms. The molecule has 5 nitrogen and oxygen atoms in total. The van der Waals surface area contributed by atoms with E-state index >= 15 is 0 Å². The van der Waals surface area contributed by atoms with E-state index in [1.807, 2.05) is 25.1 Å². The lowest BCUT2D eigenvalue weighted by Gasteiger charge is -2.26. The number of benzene rings is 1. The van der Waals surface area contributed by atoms with Crippen molar-refractivity contribution in [1.82, 2.24) is 4.90 Å². The van der Waals surface area contributed by atoms with Gasteiger partial charge in [0.25, 0.3) is 5.91 Å². The van der Waals surface area contributed by atoms with E-state index in [4.69, 9.17) is 16.0 Å². The molecule has 1 fully saturated rings. The predicted molar refractivity (Wildman–Crippen MR) is 97.5 cm³/mol. The third-order valence-electron chi connectivity index (χ3n) is 4.33. The maximum atomic E-state index is 12.9. The first kappa shape index (κ1) is 18.0. The van der Waals surface area contributed by atoms with E-state index in [9.17, 15) is 13.2 Å². The van der Waals surface area contributed by atoms with Crippen LogP contribution in [0.25, 0.3) is 11.3 Å². The van der Waals surface area contributed by atoms with Crippen molar-refractivity contribution in [2.24, 2.45) is 0 Å². The van der Waals surface area contributed by atoms with Crippen LogP contribution in [0.3, 0.4) is 0 Å². The molecule has 1 saturated heterocycles. The van der Waals surface area contributed by atoms with Crippen LogP contribution in [0.2, 0.25) is 5.02 Å². The highest BCUT2D eigenvalue weighted by atomic mass is 35.5. The first-order chi connectivity index (χ1) is 11.9. The highest BCUT2D eigenvalue weighted by molar-refractivity contribution is 7.91. The summed E-state index contributed by atoms with van der Waals surface area (Å²) in [5.74, 6) is 0.602. The molecule has 0 bridgehead atoms. The second kappa shape index (κ2) is 7.22. The van der Waals surface area contributed by atoms with Gasteiger partial charge >= 0.3 is 0 Å². The summed E-state index contributed by atoms with van der Waals surface area (Å²) >= 11 is 6.17. The first-order valence-corrected chi connectivity index (χ1v) is 10.5. The first-order valence-electron chi connectivity index (χ1n) is 8.27. The van der Waals surface area contributed by atoms with E-state index in [-0.39, 0.29) is 29.2 Å². The van der Waals surface area contributed by atoms with Crippen molar-refractivity contribution >= 4 is 27.3 Å². The molecule has 0 unspecified atom stereocenters. The Morgan fingerprint density at radius 3 is 2.68 bits per heavy atom. The summed E-state index contributed by atoms with van der Waals surface area (Å²) in [6.45, 7) is 2.46. The van der Waals surface area contributed by atoms with E-state index in [1.54, 1.807) is 23.1 Å². The highest BCUT2D eigenvalue weighted by Crippen LogP contribution is 2.30.